The van der Waals surface area contributed by atoms with E-state index in [9.17, 15) is 13.2 Å². The van der Waals surface area contributed by atoms with E-state index in [2.05, 4.69) is 29.2 Å². The topological polar surface area (TPSA) is 70.2 Å². The van der Waals surface area contributed by atoms with Crippen molar-refractivity contribution in [2.75, 3.05) is 50.7 Å². The molecule has 0 atom stereocenters. The predicted octanol–water partition coefficient (Wildman–Crippen LogP) is 4.23. The molecule has 1 aliphatic heterocycles. The molecule has 1 saturated heterocycles. The summed E-state index contributed by atoms with van der Waals surface area (Å²) in [5, 5.41) is 1.73. The Bertz CT molecular complexity index is 1230. The fraction of sp³-hybridized carbons (Fsp3) is 0.269. The minimum absolute atomic E-state index is 0. The SMILES string of the molecule is CN(c1ccc(OCC(=O)N2CCN(C/C=C/c3ccccc3)CC2)cc1)S(=O)(=O)c1cccs1.Cl. The summed E-state index contributed by atoms with van der Waals surface area (Å²) in [7, 11) is -2.07. The van der Waals surface area contributed by atoms with Crippen LogP contribution >= 0.6 is 23.7 Å². The van der Waals surface area contributed by atoms with Crippen molar-refractivity contribution in [3.05, 3.63) is 83.7 Å². The molecule has 1 fully saturated rings. The van der Waals surface area contributed by atoms with E-state index in [1.165, 1.54) is 28.3 Å². The number of carbonyl (C=O) groups excluding carboxylic acids is 1. The van der Waals surface area contributed by atoms with Gasteiger partial charge in [0.2, 0.25) is 0 Å². The summed E-state index contributed by atoms with van der Waals surface area (Å²) in [6.07, 6.45) is 4.27. The van der Waals surface area contributed by atoms with Crippen LogP contribution in [0.25, 0.3) is 6.08 Å². The van der Waals surface area contributed by atoms with Crippen LogP contribution in [0.4, 0.5) is 5.69 Å². The highest BCUT2D eigenvalue weighted by molar-refractivity contribution is 7.94. The van der Waals surface area contributed by atoms with Gasteiger partial charge in [-0.2, -0.15) is 0 Å². The molecule has 36 heavy (non-hydrogen) atoms. The van der Waals surface area contributed by atoms with Crippen molar-refractivity contribution in [2.24, 2.45) is 0 Å². The lowest BCUT2D eigenvalue weighted by Gasteiger charge is -2.34. The lowest BCUT2D eigenvalue weighted by molar-refractivity contribution is -0.135. The van der Waals surface area contributed by atoms with Crippen molar-refractivity contribution in [1.82, 2.24) is 9.80 Å². The van der Waals surface area contributed by atoms with Crippen LogP contribution in [0.1, 0.15) is 5.56 Å². The quantitative estimate of drug-likeness (QED) is 0.401. The number of piperazine rings is 1. The molecule has 0 aliphatic carbocycles. The van der Waals surface area contributed by atoms with Gasteiger partial charge < -0.3 is 9.64 Å². The van der Waals surface area contributed by atoms with Gasteiger partial charge in [0, 0.05) is 39.8 Å². The number of amides is 1. The number of hydrogen-bond donors (Lipinski definition) is 0. The number of halogens is 1. The van der Waals surface area contributed by atoms with E-state index in [0.29, 0.717) is 28.7 Å². The number of sulfonamides is 1. The van der Waals surface area contributed by atoms with Gasteiger partial charge in [0.05, 0.1) is 5.69 Å². The van der Waals surface area contributed by atoms with Crippen LogP contribution in [0.3, 0.4) is 0 Å². The molecule has 1 aromatic heterocycles. The Morgan fingerprint density at radius 3 is 2.33 bits per heavy atom. The fourth-order valence-corrected chi connectivity index (χ4v) is 6.11. The Morgan fingerprint density at radius 1 is 1.00 bits per heavy atom. The average molecular weight is 548 g/mol. The number of rotatable bonds is 9. The maximum absolute atomic E-state index is 12.7. The second-order valence-corrected chi connectivity index (χ2v) is 11.3. The number of ether oxygens (including phenoxy) is 1. The van der Waals surface area contributed by atoms with Crippen LogP contribution in [0.5, 0.6) is 5.75 Å². The van der Waals surface area contributed by atoms with Gasteiger partial charge in [0.25, 0.3) is 15.9 Å². The predicted molar refractivity (Wildman–Crippen MR) is 148 cm³/mol. The zero-order valence-corrected chi connectivity index (χ0v) is 22.5. The number of benzene rings is 2. The van der Waals surface area contributed by atoms with Crippen molar-refractivity contribution >= 4 is 51.4 Å². The molecule has 3 aromatic rings. The van der Waals surface area contributed by atoms with Gasteiger partial charge in [0.15, 0.2) is 6.61 Å². The minimum Gasteiger partial charge on any atom is -0.484 e. The lowest BCUT2D eigenvalue weighted by atomic mass is 10.2. The molecule has 0 unspecified atom stereocenters. The lowest BCUT2D eigenvalue weighted by Crippen LogP contribution is -2.49. The summed E-state index contributed by atoms with van der Waals surface area (Å²) in [4.78, 5) is 16.7. The van der Waals surface area contributed by atoms with Gasteiger partial charge in [-0.15, -0.1) is 23.7 Å². The third-order valence-corrected chi connectivity index (χ3v) is 9.03. The largest absolute Gasteiger partial charge is 0.484 e. The molecular weight excluding hydrogens is 518 g/mol. The van der Waals surface area contributed by atoms with Crippen LogP contribution in [-0.2, 0) is 14.8 Å². The van der Waals surface area contributed by atoms with Crippen LogP contribution < -0.4 is 9.04 Å². The van der Waals surface area contributed by atoms with Gasteiger partial charge in [-0.25, -0.2) is 8.42 Å². The molecule has 7 nitrogen and oxygen atoms in total. The molecule has 10 heteroatoms. The van der Waals surface area contributed by atoms with Crippen molar-refractivity contribution in [2.45, 2.75) is 4.21 Å². The molecule has 2 aromatic carbocycles. The highest BCUT2D eigenvalue weighted by Gasteiger charge is 2.23. The number of hydrogen-bond acceptors (Lipinski definition) is 6. The van der Waals surface area contributed by atoms with Crippen LogP contribution in [0.2, 0.25) is 0 Å². The molecule has 192 valence electrons. The zero-order chi connectivity index (χ0) is 24.7. The van der Waals surface area contributed by atoms with Crippen LogP contribution in [0, 0.1) is 0 Å². The number of thiophene rings is 1. The van der Waals surface area contributed by atoms with E-state index in [1.54, 1.807) is 41.8 Å². The Balaban J connectivity index is 0.00000361. The minimum atomic E-state index is -3.58. The molecule has 2 heterocycles. The van der Waals surface area contributed by atoms with Gasteiger partial charge in [-0.1, -0.05) is 48.6 Å². The Hall–Kier alpha value is -2.85. The molecule has 0 N–H and O–H groups in total. The first-order valence-electron chi connectivity index (χ1n) is 11.4. The van der Waals surface area contributed by atoms with Gasteiger partial charge in [-0.05, 0) is 41.3 Å². The van der Waals surface area contributed by atoms with E-state index in [1.807, 2.05) is 23.1 Å². The third-order valence-electron chi connectivity index (χ3n) is 5.87. The molecule has 4 rings (SSSR count). The number of nitrogens with zero attached hydrogens (tertiary/aromatic N) is 3. The maximum Gasteiger partial charge on any atom is 0.273 e. The summed E-state index contributed by atoms with van der Waals surface area (Å²) in [5.74, 6) is 0.472. The average Bonchev–Trinajstić information content (AvgIpc) is 3.44. The first-order chi connectivity index (χ1) is 16.9. The Labute approximate surface area is 223 Å². The maximum atomic E-state index is 12.7. The summed E-state index contributed by atoms with van der Waals surface area (Å²) in [6, 6.07) is 20.2. The number of carbonyl (C=O) groups is 1. The van der Waals surface area contributed by atoms with E-state index in [4.69, 9.17) is 4.74 Å². The monoisotopic (exact) mass is 547 g/mol. The molecular formula is C26H30ClN3O4S2. The van der Waals surface area contributed by atoms with Gasteiger partial charge in [-0.3, -0.25) is 14.0 Å². The molecule has 1 aliphatic rings. The van der Waals surface area contributed by atoms with E-state index in [-0.39, 0.29) is 24.9 Å². The van der Waals surface area contributed by atoms with Crippen LogP contribution in [-0.4, -0.2) is 70.5 Å². The Morgan fingerprint density at radius 2 is 1.69 bits per heavy atom. The summed E-state index contributed by atoms with van der Waals surface area (Å²) >= 11 is 1.18. The Kier molecular flexibility index (Phi) is 9.95. The van der Waals surface area contributed by atoms with E-state index < -0.39 is 10.0 Å². The standard InChI is InChI=1S/C26H29N3O4S2.ClH/c1-27(35(31,32)26-10-6-20-34-26)23-11-13-24(14-12-23)33-21-25(30)29-18-16-28(17-19-29)15-5-9-22-7-3-2-4-8-22;/h2-14,20H,15-19,21H2,1H3;1H/b9-5+;. The third kappa shape index (κ3) is 7.10. The van der Waals surface area contributed by atoms with Gasteiger partial charge >= 0.3 is 0 Å². The number of anilines is 1. The van der Waals surface area contributed by atoms with E-state index in [0.717, 1.165) is 19.6 Å². The molecule has 0 bridgehead atoms. The molecule has 0 spiro atoms. The van der Waals surface area contributed by atoms with Crippen molar-refractivity contribution in [3.63, 3.8) is 0 Å². The zero-order valence-electron chi connectivity index (χ0n) is 20.0. The summed E-state index contributed by atoms with van der Waals surface area (Å²) in [5.41, 5.74) is 1.71. The molecule has 1 amide bonds. The van der Waals surface area contributed by atoms with Gasteiger partial charge in [0.1, 0.15) is 9.96 Å². The first-order valence-corrected chi connectivity index (χ1v) is 13.7. The van der Waals surface area contributed by atoms with E-state index >= 15 is 0 Å². The highest BCUT2D eigenvalue weighted by Crippen LogP contribution is 2.26. The fourth-order valence-electron chi connectivity index (χ4n) is 3.75. The van der Waals surface area contributed by atoms with Crippen LogP contribution in [0.15, 0.2) is 82.4 Å². The smallest absolute Gasteiger partial charge is 0.273 e. The normalized spacial score (nSPS) is 14.4. The second kappa shape index (κ2) is 12.9. The van der Waals surface area contributed by atoms with Crippen molar-refractivity contribution in [3.8, 4) is 5.75 Å². The molecule has 0 saturated carbocycles. The molecule has 0 radical (unpaired) electrons. The van der Waals surface area contributed by atoms with Crippen molar-refractivity contribution < 1.29 is 17.9 Å². The first kappa shape index (κ1) is 27.7. The second-order valence-electron chi connectivity index (χ2n) is 8.18. The summed E-state index contributed by atoms with van der Waals surface area (Å²) < 4.78 is 32.5. The highest BCUT2D eigenvalue weighted by atomic mass is 35.5. The van der Waals surface area contributed by atoms with Crippen molar-refractivity contribution in [1.29, 1.82) is 0 Å². The summed E-state index contributed by atoms with van der Waals surface area (Å²) in [6.45, 7) is 3.81.